The summed E-state index contributed by atoms with van der Waals surface area (Å²) in [5.74, 6) is 0. The number of morpholine rings is 1. The van der Waals surface area contributed by atoms with Crippen molar-refractivity contribution < 1.29 is 9.53 Å². The van der Waals surface area contributed by atoms with Crippen LogP contribution in [0.3, 0.4) is 0 Å². The smallest absolute Gasteiger partial charge is 0.339 e. The standard InChI is InChI=1S/C12H21N2O2/c15-12(14-7-9-16-10-8-14)13-11-5-3-1-2-4-6-11/h11H,1-10H2. The van der Waals surface area contributed by atoms with Gasteiger partial charge in [-0.3, -0.25) is 0 Å². The summed E-state index contributed by atoms with van der Waals surface area (Å²) in [5.41, 5.74) is 0. The van der Waals surface area contributed by atoms with E-state index in [1.54, 1.807) is 0 Å². The van der Waals surface area contributed by atoms with E-state index in [-0.39, 0.29) is 12.1 Å². The van der Waals surface area contributed by atoms with Crippen LogP contribution in [0.5, 0.6) is 0 Å². The van der Waals surface area contributed by atoms with E-state index in [0.717, 1.165) is 12.8 Å². The van der Waals surface area contributed by atoms with E-state index in [1.165, 1.54) is 25.7 Å². The second-order valence-corrected chi connectivity index (χ2v) is 4.66. The lowest BCUT2D eigenvalue weighted by Crippen LogP contribution is -2.45. The maximum absolute atomic E-state index is 11.9. The van der Waals surface area contributed by atoms with Crippen LogP contribution in [-0.4, -0.2) is 43.3 Å². The van der Waals surface area contributed by atoms with Crippen molar-refractivity contribution >= 4 is 6.03 Å². The van der Waals surface area contributed by atoms with Crippen molar-refractivity contribution in [1.29, 1.82) is 0 Å². The highest BCUT2D eigenvalue weighted by Gasteiger charge is 2.22. The average Bonchev–Trinajstić information content (AvgIpc) is 2.59. The van der Waals surface area contributed by atoms with Crippen LogP contribution in [0.1, 0.15) is 38.5 Å². The zero-order valence-corrected chi connectivity index (χ0v) is 9.86. The second-order valence-electron chi connectivity index (χ2n) is 4.66. The van der Waals surface area contributed by atoms with Gasteiger partial charge in [-0.15, -0.1) is 0 Å². The van der Waals surface area contributed by atoms with Gasteiger partial charge in [0.05, 0.1) is 19.3 Å². The summed E-state index contributed by atoms with van der Waals surface area (Å²) in [6.07, 6.45) is 7.25. The molecule has 0 spiro atoms. The van der Waals surface area contributed by atoms with Gasteiger partial charge in [0.25, 0.3) is 0 Å². The predicted molar refractivity (Wildman–Crippen MR) is 61.4 cm³/mol. The Bertz CT molecular complexity index is 219. The summed E-state index contributed by atoms with van der Waals surface area (Å²) in [6, 6.07) is 0.257. The molecule has 1 aliphatic heterocycles. The molecule has 1 heterocycles. The fourth-order valence-corrected chi connectivity index (χ4v) is 2.38. The monoisotopic (exact) mass is 225 g/mol. The summed E-state index contributed by atoms with van der Waals surface area (Å²) >= 11 is 0. The molecule has 4 heteroatoms. The molecule has 91 valence electrons. The van der Waals surface area contributed by atoms with Crippen molar-refractivity contribution in [1.82, 2.24) is 10.2 Å². The van der Waals surface area contributed by atoms with Gasteiger partial charge in [0.15, 0.2) is 0 Å². The Morgan fingerprint density at radius 1 is 1.06 bits per heavy atom. The van der Waals surface area contributed by atoms with E-state index >= 15 is 0 Å². The number of urea groups is 1. The van der Waals surface area contributed by atoms with Crippen LogP contribution in [0.15, 0.2) is 0 Å². The number of carbonyl (C=O) groups is 1. The Hall–Kier alpha value is -0.770. The molecule has 0 aromatic carbocycles. The molecule has 4 nitrogen and oxygen atoms in total. The molecule has 1 radical (unpaired) electrons. The van der Waals surface area contributed by atoms with Gasteiger partial charge in [-0.05, 0) is 12.8 Å². The van der Waals surface area contributed by atoms with Gasteiger partial charge >= 0.3 is 6.03 Å². The second kappa shape index (κ2) is 6.09. The third-order valence-electron chi connectivity index (χ3n) is 3.40. The van der Waals surface area contributed by atoms with Crippen LogP contribution in [0, 0.1) is 0 Å². The minimum absolute atomic E-state index is 0.0183. The first-order chi connectivity index (χ1) is 7.86. The number of rotatable bonds is 1. The van der Waals surface area contributed by atoms with Crippen molar-refractivity contribution in [2.75, 3.05) is 26.3 Å². The average molecular weight is 225 g/mol. The van der Waals surface area contributed by atoms with Gasteiger partial charge in [0, 0.05) is 13.1 Å². The Morgan fingerprint density at radius 2 is 1.69 bits per heavy atom. The normalized spacial score (nSPS) is 23.9. The molecule has 0 N–H and O–H groups in total. The molecule has 0 aromatic heterocycles. The number of ether oxygens (including phenoxy) is 1. The van der Waals surface area contributed by atoms with Crippen molar-refractivity contribution in [2.45, 2.75) is 44.6 Å². The van der Waals surface area contributed by atoms with Crippen LogP contribution in [-0.2, 0) is 4.74 Å². The largest absolute Gasteiger partial charge is 0.378 e. The third kappa shape index (κ3) is 3.37. The number of nitrogens with zero attached hydrogens (tertiary/aromatic N) is 2. The molecular weight excluding hydrogens is 204 g/mol. The van der Waals surface area contributed by atoms with Gasteiger partial charge in [-0.25, -0.2) is 10.1 Å². The van der Waals surface area contributed by atoms with Crippen molar-refractivity contribution in [3.8, 4) is 0 Å². The SMILES string of the molecule is O=C([N]C1CCCCCC1)N1CCOCC1. The molecule has 2 amide bonds. The summed E-state index contributed by atoms with van der Waals surface area (Å²) in [5, 5.41) is 4.35. The number of hydrogen-bond donors (Lipinski definition) is 0. The first-order valence-corrected chi connectivity index (χ1v) is 6.44. The zero-order chi connectivity index (χ0) is 11.2. The van der Waals surface area contributed by atoms with Gasteiger partial charge < -0.3 is 9.64 Å². The Kier molecular flexibility index (Phi) is 4.45. The van der Waals surface area contributed by atoms with Crippen molar-refractivity contribution in [3.63, 3.8) is 0 Å². The lowest BCUT2D eigenvalue weighted by Gasteiger charge is -2.27. The molecule has 2 fully saturated rings. The predicted octanol–water partition coefficient (Wildman–Crippen LogP) is 1.77. The fraction of sp³-hybridized carbons (Fsp3) is 0.917. The van der Waals surface area contributed by atoms with E-state index in [0.29, 0.717) is 26.3 Å². The zero-order valence-electron chi connectivity index (χ0n) is 9.86. The third-order valence-corrected chi connectivity index (χ3v) is 3.40. The number of hydrogen-bond acceptors (Lipinski definition) is 2. The summed E-state index contributed by atoms with van der Waals surface area (Å²) in [7, 11) is 0. The van der Waals surface area contributed by atoms with E-state index in [9.17, 15) is 4.79 Å². The van der Waals surface area contributed by atoms with E-state index in [2.05, 4.69) is 5.32 Å². The van der Waals surface area contributed by atoms with Gasteiger partial charge in [-0.1, -0.05) is 25.7 Å². The summed E-state index contributed by atoms with van der Waals surface area (Å²) in [6.45, 7) is 2.72. The quantitative estimate of drug-likeness (QED) is 0.638. The molecule has 1 saturated carbocycles. The highest BCUT2D eigenvalue weighted by molar-refractivity contribution is 5.74. The molecule has 1 aliphatic carbocycles. The summed E-state index contributed by atoms with van der Waals surface area (Å²) in [4.78, 5) is 13.7. The molecule has 2 rings (SSSR count). The Labute approximate surface area is 97.3 Å². The van der Waals surface area contributed by atoms with Crippen LogP contribution >= 0.6 is 0 Å². The van der Waals surface area contributed by atoms with Crippen molar-refractivity contribution in [3.05, 3.63) is 0 Å². The van der Waals surface area contributed by atoms with Crippen LogP contribution in [0.4, 0.5) is 4.79 Å². The molecule has 2 aliphatic rings. The van der Waals surface area contributed by atoms with Crippen molar-refractivity contribution in [2.24, 2.45) is 0 Å². The van der Waals surface area contributed by atoms with E-state index < -0.39 is 0 Å². The molecule has 0 unspecified atom stereocenters. The molecule has 16 heavy (non-hydrogen) atoms. The lowest BCUT2D eigenvalue weighted by molar-refractivity contribution is 0.0521. The number of amides is 2. The highest BCUT2D eigenvalue weighted by atomic mass is 16.5. The molecule has 0 bridgehead atoms. The van der Waals surface area contributed by atoms with Gasteiger partial charge in [0.2, 0.25) is 0 Å². The van der Waals surface area contributed by atoms with Crippen LogP contribution in [0.2, 0.25) is 0 Å². The highest BCUT2D eigenvalue weighted by Crippen LogP contribution is 2.18. The van der Waals surface area contributed by atoms with Gasteiger partial charge in [0.1, 0.15) is 0 Å². The molecule has 0 aromatic rings. The Morgan fingerprint density at radius 3 is 2.31 bits per heavy atom. The lowest BCUT2D eigenvalue weighted by atomic mass is 10.1. The minimum atomic E-state index is -0.0183. The summed E-state index contributed by atoms with van der Waals surface area (Å²) < 4.78 is 5.22. The minimum Gasteiger partial charge on any atom is -0.378 e. The molecular formula is C12H21N2O2. The number of carbonyl (C=O) groups excluding carboxylic acids is 1. The van der Waals surface area contributed by atoms with Gasteiger partial charge in [-0.2, -0.15) is 0 Å². The van der Waals surface area contributed by atoms with E-state index in [1.807, 2.05) is 4.90 Å². The van der Waals surface area contributed by atoms with E-state index in [4.69, 9.17) is 4.74 Å². The topological polar surface area (TPSA) is 43.6 Å². The van der Waals surface area contributed by atoms with Crippen LogP contribution < -0.4 is 5.32 Å². The first kappa shape index (κ1) is 11.7. The van der Waals surface area contributed by atoms with Crippen LogP contribution in [0.25, 0.3) is 0 Å². The molecule has 0 atom stereocenters. The molecule has 1 saturated heterocycles. The fourth-order valence-electron chi connectivity index (χ4n) is 2.38. The Balaban J connectivity index is 1.76. The first-order valence-electron chi connectivity index (χ1n) is 6.44. The maximum Gasteiger partial charge on any atom is 0.339 e. The maximum atomic E-state index is 11.9.